The lowest BCUT2D eigenvalue weighted by Gasteiger charge is -2.33. The van der Waals surface area contributed by atoms with Crippen LogP contribution in [-0.4, -0.2) is 43.4 Å². The SMILES string of the molecule is CCc1nccn1C1CCCN(C(=O)c2cnccn2)C1. The van der Waals surface area contributed by atoms with E-state index in [2.05, 4.69) is 26.4 Å². The van der Waals surface area contributed by atoms with Crippen LogP contribution in [0, 0.1) is 0 Å². The largest absolute Gasteiger partial charge is 0.335 e. The average Bonchev–Trinajstić information content (AvgIpc) is 3.04. The predicted molar refractivity (Wildman–Crippen MR) is 77.8 cm³/mol. The van der Waals surface area contributed by atoms with E-state index in [1.807, 2.05) is 17.3 Å². The first-order valence-electron chi connectivity index (χ1n) is 7.36. The van der Waals surface area contributed by atoms with Crippen LogP contribution in [0.1, 0.15) is 42.1 Å². The zero-order valence-corrected chi connectivity index (χ0v) is 12.1. The van der Waals surface area contributed by atoms with Crippen molar-refractivity contribution >= 4 is 5.91 Å². The molecule has 1 saturated heterocycles. The highest BCUT2D eigenvalue weighted by molar-refractivity contribution is 5.92. The Kier molecular flexibility index (Phi) is 3.94. The van der Waals surface area contributed by atoms with Crippen molar-refractivity contribution in [3.63, 3.8) is 0 Å². The summed E-state index contributed by atoms with van der Waals surface area (Å²) in [6.07, 6.45) is 11.5. The highest BCUT2D eigenvalue weighted by Crippen LogP contribution is 2.23. The van der Waals surface area contributed by atoms with Gasteiger partial charge in [0.2, 0.25) is 0 Å². The number of likely N-dealkylation sites (tertiary alicyclic amines) is 1. The fourth-order valence-corrected chi connectivity index (χ4v) is 2.89. The molecule has 0 bridgehead atoms. The quantitative estimate of drug-likeness (QED) is 0.861. The van der Waals surface area contributed by atoms with Crippen LogP contribution in [0.15, 0.2) is 31.0 Å². The fourth-order valence-electron chi connectivity index (χ4n) is 2.89. The second-order valence-corrected chi connectivity index (χ2v) is 5.24. The standard InChI is InChI=1S/C15H19N5O/c1-2-14-18-7-9-20(14)12-4-3-8-19(11-12)15(21)13-10-16-5-6-17-13/h5-7,9-10,12H,2-4,8,11H2,1H3. The van der Waals surface area contributed by atoms with E-state index >= 15 is 0 Å². The molecular weight excluding hydrogens is 266 g/mol. The van der Waals surface area contributed by atoms with Crippen LogP contribution in [0.4, 0.5) is 0 Å². The van der Waals surface area contributed by atoms with Gasteiger partial charge in [0.05, 0.1) is 12.2 Å². The number of rotatable bonds is 3. The Morgan fingerprint density at radius 3 is 3.00 bits per heavy atom. The maximum atomic E-state index is 12.5. The van der Waals surface area contributed by atoms with Crippen LogP contribution in [0.2, 0.25) is 0 Å². The molecule has 1 aliphatic rings. The Morgan fingerprint density at radius 1 is 1.33 bits per heavy atom. The molecule has 6 nitrogen and oxygen atoms in total. The maximum absolute atomic E-state index is 12.5. The molecule has 0 aliphatic carbocycles. The molecule has 1 amide bonds. The van der Waals surface area contributed by atoms with Crippen molar-refractivity contribution in [2.45, 2.75) is 32.2 Å². The molecule has 0 spiro atoms. The number of aromatic nitrogens is 4. The summed E-state index contributed by atoms with van der Waals surface area (Å²) >= 11 is 0. The van der Waals surface area contributed by atoms with Crippen LogP contribution < -0.4 is 0 Å². The van der Waals surface area contributed by atoms with E-state index in [-0.39, 0.29) is 5.91 Å². The zero-order chi connectivity index (χ0) is 14.7. The molecule has 1 fully saturated rings. The summed E-state index contributed by atoms with van der Waals surface area (Å²) in [5, 5.41) is 0. The molecule has 6 heteroatoms. The van der Waals surface area contributed by atoms with Gasteiger partial charge in [-0.15, -0.1) is 0 Å². The van der Waals surface area contributed by atoms with Crippen molar-refractivity contribution in [2.24, 2.45) is 0 Å². The van der Waals surface area contributed by atoms with Gasteiger partial charge in [0, 0.05) is 44.3 Å². The minimum atomic E-state index is -0.0361. The van der Waals surface area contributed by atoms with Crippen molar-refractivity contribution in [1.82, 2.24) is 24.4 Å². The van der Waals surface area contributed by atoms with Crippen LogP contribution in [0.5, 0.6) is 0 Å². The molecule has 110 valence electrons. The highest BCUT2D eigenvalue weighted by Gasteiger charge is 2.26. The van der Waals surface area contributed by atoms with E-state index in [4.69, 9.17) is 0 Å². The predicted octanol–water partition coefficient (Wildman–Crippen LogP) is 1.71. The normalized spacial score (nSPS) is 18.7. The van der Waals surface area contributed by atoms with E-state index in [1.54, 1.807) is 12.4 Å². The lowest BCUT2D eigenvalue weighted by atomic mass is 10.0. The summed E-state index contributed by atoms with van der Waals surface area (Å²) < 4.78 is 2.20. The fraction of sp³-hybridized carbons (Fsp3) is 0.467. The lowest BCUT2D eigenvalue weighted by molar-refractivity contribution is 0.0671. The molecule has 2 aromatic rings. The van der Waals surface area contributed by atoms with Gasteiger partial charge >= 0.3 is 0 Å². The number of carbonyl (C=O) groups excluding carboxylic acids is 1. The first-order valence-corrected chi connectivity index (χ1v) is 7.36. The summed E-state index contributed by atoms with van der Waals surface area (Å²) in [4.78, 5) is 26.8. The molecule has 0 aromatic carbocycles. The zero-order valence-electron chi connectivity index (χ0n) is 12.1. The first kappa shape index (κ1) is 13.7. The highest BCUT2D eigenvalue weighted by atomic mass is 16.2. The molecule has 0 N–H and O–H groups in total. The summed E-state index contributed by atoms with van der Waals surface area (Å²) in [5.74, 6) is 1.04. The van der Waals surface area contributed by atoms with Crippen LogP contribution in [0.25, 0.3) is 0 Å². The Bertz CT molecular complexity index is 610. The number of piperidine rings is 1. The van der Waals surface area contributed by atoms with Gasteiger partial charge in [0.25, 0.3) is 5.91 Å². The van der Waals surface area contributed by atoms with Crippen molar-refractivity contribution in [2.75, 3.05) is 13.1 Å². The van der Waals surface area contributed by atoms with Gasteiger partial charge < -0.3 is 9.47 Å². The topological polar surface area (TPSA) is 63.9 Å². The van der Waals surface area contributed by atoms with E-state index in [1.165, 1.54) is 6.20 Å². The van der Waals surface area contributed by atoms with Gasteiger partial charge in [-0.05, 0) is 12.8 Å². The minimum absolute atomic E-state index is 0.0361. The summed E-state index contributed by atoms with van der Waals surface area (Å²) in [7, 11) is 0. The molecule has 3 rings (SSSR count). The molecule has 1 unspecified atom stereocenters. The lowest BCUT2D eigenvalue weighted by Crippen LogP contribution is -2.41. The van der Waals surface area contributed by atoms with Crippen molar-refractivity contribution in [3.05, 3.63) is 42.5 Å². The Morgan fingerprint density at radius 2 is 2.24 bits per heavy atom. The van der Waals surface area contributed by atoms with E-state index in [0.717, 1.165) is 31.6 Å². The van der Waals surface area contributed by atoms with Gasteiger partial charge in [-0.2, -0.15) is 0 Å². The molecule has 0 radical (unpaired) electrons. The maximum Gasteiger partial charge on any atom is 0.274 e. The third kappa shape index (κ3) is 2.79. The van der Waals surface area contributed by atoms with Gasteiger partial charge in [-0.25, -0.2) is 9.97 Å². The Hall–Kier alpha value is -2.24. The number of nitrogens with zero attached hydrogens (tertiary/aromatic N) is 5. The van der Waals surface area contributed by atoms with Crippen molar-refractivity contribution in [3.8, 4) is 0 Å². The Balaban J connectivity index is 1.76. The van der Waals surface area contributed by atoms with E-state index in [0.29, 0.717) is 18.3 Å². The molecule has 1 aliphatic heterocycles. The summed E-state index contributed by atoms with van der Waals surface area (Å²) in [6, 6.07) is 0.303. The second kappa shape index (κ2) is 6.03. The van der Waals surface area contributed by atoms with Crippen molar-refractivity contribution in [1.29, 1.82) is 0 Å². The molecular formula is C15H19N5O. The summed E-state index contributed by atoms with van der Waals surface area (Å²) in [6.45, 7) is 3.59. The average molecular weight is 285 g/mol. The van der Waals surface area contributed by atoms with Crippen LogP contribution in [0.3, 0.4) is 0 Å². The smallest absolute Gasteiger partial charge is 0.274 e. The molecule has 0 saturated carbocycles. The molecule has 21 heavy (non-hydrogen) atoms. The third-order valence-corrected chi connectivity index (χ3v) is 3.92. The summed E-state index contributed by atoms with van der Waals surface area (Å²) in [5.41, 5.74) is 0.416. The van der Waals surface area contributed by atoms with Gasteiger partial charge in [-0.3, -0.25) is 9.78 Å². The van der Waals surface area contributed by atoms with Gasteiger partial charge in [0.1, 0.15) is 11.5 Å². The number of aryl methyl sites for hydroxylation is 1. The number of hydrogen-bond acceptors (Lipinski definition) is 4. The van der Waals surface area contributed by atoms with Gasteiger partial charge in [0.15, 0.2) is 0 Å². The van der Waals surface area contributed by atoms with Crippen LogP contribution >= 0.6 is 0 Å². The number of hydrogen-bond donors (Lipinski definition) is 0. The monoisotopic (exact) mass is 285 g/mol. The van der Waals surface area contributed by atoms with Crippen molar-refractivity contribution < 1.29 is 4.79 Å². The number of carbonyl (C=O) groups is 1. The van der Waals surface area contributed by atoms with E-state index < -0.39 is 0 Å². The molecule has 3 heterocycles. The minimum Gasteiger partial charge on any atom is -0.335 e. The van der Waals surface area contributed by atoms with Crippen LogP contribution in [-0.2, 0) is 6.42 Å². The Labute approximate surface area is 123 Å². The number of imidazole rings is 1. The molecule has 2 aromatic heterocycles. The molecule has 1 atom stereocenters. The third-order valence-electron chi connectivity index (χ3n) is 3.92. The van der Waals surface area contributed by atoms with E-state index in [9.17, 15) is 4.79 Å². The second-order valence-electron chi connectivity index (χ2n) is 5.24. The first-order chi connectivity index (χ1) is 10.3. The number of amides is 1. The van der Waals surface area contributed by atoms with Gasteiger partial charge in [-0.1, -0.05) is 6.92 Å².